The highest BCUT2D eigenvalue weighted by atomic mass is 35.5. The monoisotopic (exact) mass is 363 g/mol. The normalized spacial score (nSPS) is 12.9. The van der Waals surface area contributed by atoms with Gasteiger partial charge in [-0.15, -0.1) is 0 Å². The molecule has 0 fully saturated rings. The Morgan fingerprint density at radius 2 is 2.08 bits per heavy atom. The molecule has 3 rings (SSSR count). The Bertz CT molecular complexity index is 821. The molecule has 0 bridgehead atoms. The van der Waals surface area contributed by atoms with Gasteiger partial charge in [0.1, 0.15) is 19.0 Å². The number of rotatable bonds is 4. The third kappa shape index (κ3) is 4.03. The molecule has 0 aromatic heterocycles. The molecular weight excluding hydrogens is 349 g/mol. The van der Waals surface area contributed by atoms with Gasteiger partial charge in [-0.2, -0.15) is 0 Å². The van der Waals surface area contributed by atoms with Crippen LogP contribution in [0.25, 0.3) is 6.08 Å². The van der Waals surface area contributed by atoms with Gasteiger partial charge in [0.05, 0.1) is 12.1 Å². The van der Waals surface area contributed by atoms with E-state index in [2.05, 4.69) is 5.32 Å². The summed E-state index contributed by atoms with van der Waals surface area (Å²) >= 11 is 5.69. The summed E-state index contributed by atoms with van der Waals surface area (Å²) < 4.78 is 29.5. The smallest absolute Gasteiger partial charge is 0.248 e. The summed E-state index contributed by atoms with van der Waals surface area (Å²) in [6.45, 7) is 0.913. The molecule has 0 radical (unpaired) electrons. The molecule has 0 saturated heterocycles. The molecule has 1 aliphatic rings. The van der Waals surface area contributed by atoms with Gasteiger partial charge < -0.3 is 19.5 Å². The standard InChI is InChI=1S/C18H15ClFNO4/c1-23-15-8-11(9-16-18(15)25-7-6-24-16)2-5-17(22)21-12-3-4-14(20)13(19)10-12/h2-5,8-10H,6-7H2,1H3,(H,21,22). The predicted octanol–water partition coefficient (Wildman–Crippen LogP) is 3.91. The minimum Gasteiger partial charge on any atom is -0.493 e. The van der Waals surface area contributed by atoms with Crippen LogP contribution in [0.5, 0.6) is 17.2 Å². The maximum absolute atomic E-state index is 13.1. The van der Waals surface area contributed by atoms with Gasteiger partial charge in [-0.25, -0.2) is 4.39 Å². The number of amides is 1. The Morgan fingerprint density at radius 1 is 1.28 bits per heavy atom. The Labute approximate surface area is 149 Å². The van der Waals surface area contributed by atoms with Crippen LogP contribution in [0, 0.1) is 5.82 Å². The van der Waals surface area contributed by atoms with Gasteiger partial charge >= 0.3 is 0 Å². The van der Waals surface area contributed by atoms with E-state index < -0.39 is 5.82 Å². The topological polar surface area (TPSA) is 56.8 Å². The van der Waals surface area contributed by atoms with E-state index in [1.54, 1.807) is 18.2 Å². The summed E-state index contributed by atoms with van der Waals surface area (Å²) in [6.07, 6.45) is 2.96. The van der Waals surface area contributed by atoms with Gasteiger partial charge in [-0.3, -0.25) is 4.79 Å². The SMILES string of the molecule is COc1cc(C=CC(=O)Nc2ccc(F)c(Cl)c2)cc2c1OCCO2. The number of halogens is 2. The molecular formula is C18H15ClFNO4. The first-order valence-electron chi connectivity index (χ1n) is 7.48. The molecule has 1 heterocycles. The molecule has 130 valence electrons. The molecule has 0 spiro atoms. The van der Waals surface area contributed by atoms with Crippen LogP contribution in [0.1, 0.15) is 5.56 Å². The fraction of sp³-hybridized carbons (Fsp3) is 0.167. The molecule has 7 heteroatoms. The second-order valence-corrected chi connectivity index (χ2v) is 5.61. The highest BCUT2D eigenvalue weighted by Crippen LogP contribution is 2.40. The summed E-state index contributed by atoms with van der Waals surface area (Å²) in [6, 6.07) is 7.46. The highest BCUT2D eigenvalue weighted by molar-refractivity contribution is 6.31. The van der Waals surface area contributed by atoms with Crippen LogP contribution in [0.2, 0.25) is 5.02 Å². The van der Waals surface area contributed by atoms with Crippen molar-refractivity contribution in [1.29, 1.82) is 0 Å². The second-order valence-electron chi connectivity index (χ2n) is 5.20. The first-order chi connectivity index (χ1) is 12.1. The van der Waals surface area contributed by atoms with E-state index >= 15 is 0 Å². The van der Waals surface area contributed by atoms with E-state index in [-0.39, 0.29) is 10.9 Å². The first kappa shape index (κ1) is 17.1. The van der Waals surface area contributed by atoms with Gasteiger partial charge in [0.2, 0.25) is 11.7 Å². The third-order valence-electron chi connectivity index (χ3n) is 3.46. The molecule has 25 heavy (non-hydrogen) atoms. The number of carbonyl (C=O) groups excluding carboxylic acids is 1. The number of methoxy groups -OCH3 is 1. The number of nitrogens with one attached hydrogen (secondary N) is 1. The Balaban J connectivity index is 1.74. The minimum absolute atomic E-state index is 0.0571. The lowest BCUT2D eigenvalue weighted by Crippen LogP contribution is -2.16. The van der Waals surface area contributed by atoms with Crippen LogP contribution in [0.4, 0.5) is 10.1 Å². The zero-order valence-electron chi connectivity index (χ0n) is 13.3. The number of benzene rings is 2. The molecule has 2 aromatic carbocycles. The van der Waals surface area contributed by atoms with Crippen molar-refractivity contribution in [2.24, 2.45) is 0 Å². The molecule has 1 aliphatic heterocycles. The van der Waals surface area contributed by atoms with Gasteiger partial charge in [0.25, 0.3) is 0 Å². The van der Waals surface area contributed by atoms with Crippen molar-refractivity contribution in [2.75, 3.05) is 25.6 Å². The average molecular weight is 364 g/mol. The summed E-state index contributed by atoms with van der Waals surface area (Å²) in [5.74, 6) is 0.727. The number of hydrogen-bond donors (Lipinski definition) is 1. The molecule has 1 N–H and O–H groups in total. The Hall–Kier alpha value is -2.73. The quantitative estimate of drug-likeness (QED) is 0.837. The average Bonchev–Trinajstić information content (AvgIpc) is 2.62. The minimum atomic E-state index is -0.543. The third-order valence-corrected chi connectivity index (χ3v) is 3.75. The molecule has 2 aromatic rings. The molecule has 5 nitrogen and oxygen atoms in total. The van der Waals surface area contributed by atoms with Crippen molar-refractivity contribution >= 4 is 29.3 Å². The largest absolute Gasteiger partial charge is 0.493 e. The molecule has 0 saturated carbocycles. The fourth-order valence-corrected chi connectivity index (χ4v) is 2.50. The number of hydrogen-bond acceptors (Lipinski definition) is 4. The van der Waals surface area contributed by atoms with Crippen LogP contribution in [0.15, 0.2) is 36.4 Å². The van der Waals surface area contributed by atoms with Crippen LogP contribution >= 0.6 is 11.6 Å². The zero-order chi connectivity index (χ0) is 17.8. The predicted molar refractivity (Wildman–Crippen MR) is 93.1 cm³/mol. The van der Waals surface area contributed by atoms with Gasteiger partial charge in [0, 0.05) is 11.8 Å². The van der Waals surface area contributed by atoms with E-state index in [0.717, 1.165) is 0 Å². The van der Waals surface area contributed by atoms with Crippen molar-refractivity contribution in [3.05, 3.63) is 52.8 Å². The number of anilines is 1. The second kappa shape index (κ2) is 7.44. The number of carbonyl (C=O) groups is 1. The van der Waals surface area contributed by atoms with E-state index in [1.807, 2.05) is 0 Å². The lowest BCUT2D eigenvalue weighted by atomic mass is 10.1. The van der Waals surface area contributed by atoms with E-state index in [0.29, 0.717) is 41.7 Å². The number of fused-ring (bicyclic) bond motifs is 1. The summed E-state index contributed by atoms with van der Waals surface area (Å²) in [5.41, 5.74) is 1.12. The molecule has 1 amide bonds. The molecule has 0 atom stereocenters. The van der Waals surface area contributed by atoms with Crippen molar-refractivity contribution < 1.29 is 23.4 Å². The Kier molecular flexibility index (Phi) is 5.09. The van der Waals surface area contributed by atoms with Crippen molar-refractivity contribution in [3.8, 4) is 17.2 Å². The van der Waals surface area contributed by atoms with Crippen LogP contribution in [-0.2, 0) is 4.79 Å². The van der Waals surface area contributed by atoms with Crippen molar-refractivity contribution in [1.82, 2.24) is 0 Å². The lowest BCUT2D eigenvalue weighted by Gasteiger charge is -2.20. The van der Waals surface area contributed by atoms with E-state index in [1.165, 1.54) is 31.4 Å². The van der Waals surface area contributed by atoms with E-state index in [4.69, 9.17) is 25.8 Å². The molecule has 0 aliphatic carbocycles. The number of ether oxygens (including phenoxy) is 3. The maximum atomic E-state index is 13.1. The summed E-state index contributed by atoms with van der Waals surface area (Å²) in [5, 5.41) is 2.55. The lowest BCUT2D eigenvalue weighted by molar-refractivity contribution is -0.111. The summed E-state index contributed by atoms with van der Waals surface area (Å²) in [4.78, 5) is 12.0. The van der Waals surface area contributed by atoms with Crippen molar-refractivity contribution in [2.45, 2.75) is 0 Å². The zero-order valence-corrected chi connectivity index (χ0v) is 14.1. The van der Waals surface area contributed by atoms with E-state index in [9.17, 15) is 9.18 Å². The summed E-state index contributed by atoms with van der Waals surface area (Å²) in [7, 11) is 1.53. The highest BCUT2D eigenvalue weighted by Gasteiger charge is 2.17. The van der Waals surface area contributed by atoms with Gasteiger partial charge in [-0.05, 0) is 42.0 Å². The Morgan fingerprint density at radius 3 is 2.84 bits per heavy atom. The fourth-order valence-electron chi connectivity index (χ4n) is 2.32. The first-order valence-corrected chi connectivity index (χ1v) is 7.86. The van der Waals surface area contributed by atoms with Gasteiger partial charge in [-0.1, -0.05) is 11.6 Å². The van der Waals surface area contributed by atoms with Gasteiger partial charge in [0.15, 0.2) is 11.5 Å². The maximum Gasteiger partial charge on any atom is 0.248 e. The van der Waals surface area contributed by atoms with Crippen LogP contribution in [0.3, 0.4) is 0 Å². The van der Waals surface area contributed by atoms with Crippen LogP contribution in [-0.4, -0.2) is 26.2 Å². The van der Waals surface area contributed by atoms with Crippen LogP contribution < -0.4 is 19.5 Å². The molecule has 0 unspecified atom stereocenters. The van der Waals surface area contributed by atoms with Crippen molar-refractivity contribution in [3.63, 3.8) is 0 Å².